The van der Waals surface area contributed by atoms with Crippen molar-refractivity contribution in [1.82, 2.24) is 19.3 Å². The lowest BCUT2D eigenvalue weighted by atomic mass is 10.0. The van der Waals surface area contributed by atoms with Crippen LogP contribution >= 0.6 is 0 Å². The molecule has 1 aromatic heterocycles. The summed E-state index contributed by atoms with van der Waals surface area (Å²) in [6.45, 7) is 8.08. The summed E-state index contributed by atoms with van der Waals surface area (Å²) in [6, 6.07) is 15.9. The number of benzene rings is 3. The molecular formula is C32H35N5O4. The van der Waals surface area contributed by atoms with Gasteiger partial charge in [0.05, 0.1) is 30.0 Å². The van der Waals surface area contributed by atoms with Crippen molar-refractivity contribution in [2.75, 3.05) is 77.9 Å². The van der Waals surface area contributed by atoms with Gasteiger partial charge in [0.2, 0.25) is 5.43 Å². The van der Waals surface area contributed by atoms with Crippen LogP contribution in [-0.2, 0) is 4.74 Å². The fourth-order valence-electron chi connectivity index (χ4n) is 6.17. The first kappa shape index (κ1) is 26.0. The van der Waals surface area contributed by atoms with Crippen molar-refractivity contribution < 1.29 is 14.3 Å². The standard InChI is InChI=1S/C32H35N5O4/c1-34-13-15-36(16-14-34)32(39)25-21-37-28-23-6-3-2-5-22(23)7-10-27(28)41-31-26(9-8-24(29(31)37)30(25)38)33-11-4-12-35-17-19-40-20-18-35/h2-3,5-10,21,33H,4,11-20H2,1H3. The van der Waals surface area contributed by atoms with Gasteiger partial charge in [0.1, 0.15) is 11.1 Å². The number of nitrogens with one attached hydrogen (secondary N) is 1. The van der Waals surface area contributed by atoms with E-state index in [2.05, 4.69) is 34.3 Å². The van der Waals surface area contributed by atoms with Gasteiger partial charge < -0.3 is 29.2 Å². The first-order valence-electron chi connectivity index (χ1n) is 14.5. The number of hydrogen-bond acceptors (Lipinski definition) is 7. The predicted octanol–water partition coefficient (Wildman–Crippen LogP) is 3.77. The van der Waals surface area contributed by atoms with E-state index in [-0.39, 0.29) is 16.9 Å². The van der Waals surface area contributed by atoms with Gasteiger partial charge in [0.25, 0.3) is 5.91 Å². The molecule has 1 amide bonds. The van der Waals surface area contributed by atoms with Crippen LogP contribution in [0.1, 0.15) is 16.8 Å². The Morgan fingerprint density at radius 2 is 1.73 bits per heavy atom. The van der Waals surface area contributed by atoms with Gasteiger partial charge in [-0.3, -0.25) is 14.5 Å². The monoisotopic (exact) mass is 553 g/mol. The molecule has 9 nitrogen and oxygen atoms in total. The number of ether oxygens (including phenoxy) is 2. The molecule has 3 aromatic carbocycles. The van der Waals surface area contributed by atoms with Crippen molar-refractivity contribution in [2.45, 2.75) is 6.42 Å². The van der Waals surface area contributed by atoms with Gasteiger partial charge >= 0.3 is 0 Å². The minimum Gasteiger partial charge on any atom is -0.451 e. The molecule has 1 N–H and O–H groups in total. The van der Waals surface area contributed by atoms with Crippen LogP contribution in [-0.4, -0.2) is 97.8 Å². The maximum atomic E-state index is 13.9. The predicted molar refractivity (Wildman–Crippen MR) is 161 cm³/mol. The van der Waals surface area contributed by atoms with Gasteiger partial charge in [-0.2, -0.15) is 0 Å². The van der Waals surface area contributed by atoms with Crippen molar-refractivity contribution in [3.63, 3.8) is 0 Å². The average Bonchev–Trinajstić information content (AvgIpc) is 3.01. The van der Waals surface area contributed by atoms with Crippen LogP contribution in [0.4, 0.5) is 5.69 Å². The van der Waals surface area contributed by atoms with Crippen LogP contribution in [0.3, 0.4) is 0 Å². The Bertz CT molecular complexity index is 1690. The highest BCUT2D eigenvalue weighted by Gasteiger charge is 2.29. The van der Waals surface area contributed by atoms with E-state index in [4.69, 9.17) is 9.47 Å². The maximum Gasteiger partial charge on any atom is 0.259 e. The van der Waals surface area contributed by atoms with Crippen molar-refractivity contribution in [3.05, 3.63) is 70.5 Å². The van der Waals surface area contributed by atoms with Gasteiger partial charge in [-0.1, -0.05) is 30.3 Å². The van der Waals surface area contributed by atoms with Crippen LogP contribution in [0.15, 0.2) is 59.5 Å². The van der Waals surface area contributed by atoms with E-state index in [1.165, 1.54) is 0 Å². The Morgan fingerprint density at radius 3 is 2.56 bits per heavy atom. The summed E-state index contributed by atoms with van der Waals surface area (Å²) < 4.78 is 14.0. The zero-order valence-corrected chi connectivity index (χ0v) is 23.4. The zero-order chi connectivity index (χ0) is 27.9. The lowest BCUT2D eigenvalue weighted by Crippen LogP contribution is -2.48. The third-order valence-corrected chi connectivity index (χ3v) is 8.53. The van der Waals surface area contributed by atoms with E-state index in [1.54, 1.807) is 11.1 Å². The van der Waals surface area contributed by atoms with E-state index in [9.17, 15) is 9.59 Å². The van der Waals surface area contributed by atoms with Gasteiger partial charge in [0.15, 0.2) is 11.5 Å². The molecule has 7 rings (SSSR count). The molecule has 0 radical (unpaired) electrons. The quantitative estimate of drug-likeness (QED) is 0.321. The van der Waals surface area contributed by atoms with Gasteiger partial charge in [-0.25, -0.2) is 0 Å². The Morgan fingerprint density at radius 1 is 0.927 bits per heavy atom. The number of rotatable bonds is 6. The summed E-state index contributed by atoms with van der Waals surface area (Å²) in [5, 5.41) is 6.11. The SMILES string of the molecule is CN1CCN(C(=O)c2cn3c4c(c(NCCCN5CCOCC5)ccc4c2=O)Oc2ccc4ccccc4c2-3)CC1. The van der Waals surface area contributed by atoms with Crippen LogP contribution in [0, 0.1) is 0 Å². The van der Waals surface area contributed by atoms with E-state index in [0.717, 1.165) is 81.1 Å². The second kappa shape index (κ2) is 10.8. The first-order valence-corrected chi connectivity index (χ1v) is 14.5. The minimum absolute atomic E-state index is 0.194. The highest BCUT2D eigenvalue weighted by atomic mass is 16.5. The summed E-state index contributed by atoms with van der Waals surface area (Å²) in [7, 11) is 2.05. The second-order valence-electron chi connectivity index (χ2n) is 11.1. The average molecular weight is 554 g/mol. The van der Waals surface area contributed by atoms with Crippen LogP contribution < -0.4 is 15.5 Å². The van der Waals surface area contributed by atoms with Crippen molar-refractivity contribution in [2.24, 2.45) is 0 Å². The number of fused-ring (bicyclic) bond motifs is 4. The number of piperazine rings is 1. The molecule has 0 atom stereocenters. The zero-order valence-electron chi connectivity index (χ0n) is 23.4. The molecule has 0 saturated carbocycles. The van der Waals surface area contributed by atoms with Crippen LogP contribution in [0.25, 0.3) is 27.4 Å². The lowest BCUT2D eigenvalue weighted by molar-refractivity contribution is 0.0378. The fraction of sp³-hybridized carbons (Fsp3) is 0.375. The summed E-state index contributed by atoms with van der Waals surface area (Å²) in [6.07, 6.45) is 2.72. The van der Waals surface area contributed by atoms with Gasteiger partial charge in [0, 0.05) is 57.4 Å². The molecule has 212 valence electrons. The Kier molecular flexibility index (Phi) is 6.86. The smallest absolute Gasteiger partial charge is 0.259 e. The molecule has 4 heterocycles. The maximum absolute atomic E-state index is 13.9. The number of amides is 1. The highest BCUT2D eigenvalue weighted by molar-refractivity contribution is 6.03. The minimum atomic E-state index is -0.257. The first-order chi connectivity index (χ1) is 20.1. The summed E-state index contributed by atoms with van der Waals surface area (Å²) >= 11 is 0. The van der Waals surface area contributed by atoms with Gasteiger partial charge in [-0.15, -0.1) is 0 Å². The largest absolute Gasteiger partial charge is 0.451 e. The Labute approximate surface area is 238 Å². The topological polar surface area (TPSA) is 79.3 Å². The van der Waals surface area contributed by atoms with Crippen molar-refractivity contribution in [3.8, 4) is 17.2 Å². The summed E-state index contributed by atoms with van der Waals surface area (Å²) in [4.78, 5) is 34.0. The number of morpholine rings is 1. The number of aromatic nitrogens is 1. The normalized spacial score (nSPS) is 17.4. The van der Waals surface area contributed by atoms with E-state index in [0.29, 0.717) is 35.5 Å². The molecule has 3 aliphatic heterocycles. The highest BCUT2D eigenvalue weighted by Crippen LogP contribution is 2.46. The lowest BCUT2D eigenvalue weighted by Gasteiger charge is -2.33. The molecule has 0 aliphatic carbocycles. The number of hydrogen-bond donors (Lipinski definition) is 1. The molecule has 4 aromatic rings. The van der Waals surface area contributed by atoms with Crippen LogP contribution in [0.5, 0.6) is 11.5 Å². The number of carbonyl (C=O) groups excluding carboxylic acids is 1. The Balaban J connectivity index is 1.31. The molecule has 41 heavy (non-hydrogen) atoms. The number of carbonyl (C=O) groups is 1. The molecule has 3 aliphatic rings. The van der Waals surface area contributed by atoms with E-state index in [1.807, 2.05) is 41.0 Å². The van der Waals surface area contributed by atoms with Gasteiger partial charge in [-0.05, 0) is 43.6 Å². The molecule has 0 bridgehead atoms. The van der Waals surface area contributed by atoms with Crippen LogP contribution in [0.2, 0.25) is 0 Å². The number of pyridine rings is 1. The molecular weight excluding hydrogens is 518 g/mol. The Hall–Kier alpha value is -3.92. The molecule has 2 fully saturated rings. The number of anilines is 1. The van der Waals surface area contributed by atoms with E-state index >= 15 is 0 Å². The molecule has 0 unspecified atom stereocenters. The van der Waals surface area contributed by atoms with Crippen molar-refractivity contribution >= 4 is 33.3 Å². The third-order valence-electron chi connectivity index (χ3n) is 8.53. The molecule has 2 saturated heterocycles. The molecule has 0 spiro atoms. The summed E-state index contributed by atoms with van der Waals surface area (Å²) in [5.41, 5.74) is 2.31. The van der Waals surface area contributed by atoms with E-state index < -0.39 is 0 Å². The summed E-state index contributed by atoms with van der Waals surface area (Å²) in [5.74, 6) is 1.10. The second-order valence-corrected chi connectivity index (χ2v) is 11.1. The van der Waals surface area contributed by atoms with Crippen molar-refractivity contribution in [1.29, 1.82) is 0 Å². The fourth-order valence-corrected chi connectivity index (χ4v) is 6.17. The number of nitrogens with zero attached hydrogens (tertiary/aromatic N) is 4. The molecule has 9 heteroatoms. The number of likely N-dealkylation sites (N-methyl/N-ethyl adjacent to an activating group) is 1. The third kappa shape index (κ3) is 4.73.